The molecule has 0 bridgehead atoms. The fourth-order valence-corrected chi connectivity index (χ4v) is 1.01. The molecule has 0 aliphatic rings. The zero-order valence-corrected chi connectivity index (χ0v) is 7.27. The Morgan fingerprint density at radius 2 is 2.62 bits per heavy atom. The largest absolute Gasteiger partial charge is 0.480 e. The SMILES string of the molecule is CN[C@@H](Cc1cn(N)cn1)C(=O)O. The van der Waals surface area contributed by atoms with Gasteiger partial charge in [0.05, 0.1) is 5.69 Å². The van der Waals surface area contributed by atoms with Gasteiger partial charge in [0.15, 0.2) is 0 Å². The average Bonchev–Trinajstić information content (AvgIpc) is 2.46. The minimum atomic E-state index is -0.894. The molecular formula is C7H12N4O2. The van der Waals surface area contributed by atoms with Gasteiger partial charge in [-0.15, -0.1) is 0 Å². The molecule has 13 heavy (non-hydrogen) atoms. The highest BCUT2D eigenvalue weighted by molar-refractivity contribution is 5.73. The third kappa shape index (κ3) is 2.45. The van der Waals surface area contributed by atoms with Crippen molar-refractivity contribution < 1.29 is 9.90 Å². The van der Waals surface area contributed by atoms with Crippen LogP contribution in [0.3, 0.4) is 0 Å². The molecule has 0 saturated heterocycles. The predicted octanol–water partition coefficient (Wildman–Crippen LogP) is -1.19. The number of rotatable bonds is 4. The summed E-state index contributed by atoms with van der Waals surface area (Å²) in [7, 11) is 1.60. The average molecular weight is 184 g/mol. The Kier molecular flexibility index (Phi) is 2.86. The normalized spacial score (nSPS) is 12.7. The van der Waals surface area contributed by atoms with Gasteiger partial charge < -0.3 is 16.3 Å². The number of nitrogens with two attached hydrogens (primary N) is 1. The van der Waals surface area contributed by atoms with E-state index in [1.54, 1.807) is 13.2 Å². The van der Waals surface area contributed by atoms with E-state index in [-0.39, 0.29) is 0 Å². The van der Waals surface area contributed by atoms with Crippen molar-refractivity contribution in [3.05, 3.63) is 18.2 Å². The van der Waals surface area contributed by atoms with Crippen molar-refractivity contribution in [2.45, 2.75) is 12.5 Å². The molecule has 6 heteroatoms. The van der Waals surface area contributed by atoms with E-state index in [2.05, 4.69) is 10.3 Å². The van der Waals surface area contributed by atoms with Crippen molar-refractivity contribution in [1.82, 2.24) is 15.0 Å². The van der Waals surface area contributed by atoms with E-state index in [4.69, 9.17) is 10.9 Å². The van der Waals surface area contributed by atoms with Gasteiger partial charge in [-0.25, -0.2) is 4.98 Å². The monoisotopic (exact) mass is 184 g/mol. The summed E-state index contributed by atoms with van der Waals surface area (Å²) < 4.78 is 1.30. The Balaban J connectivity index is 2.61. The van der Waals surface area contributed by atoms with Crippen molar-refractivity contribution >= 4 is 5.97 Å². The number of carbonyl (C=O) groups is 1. The summed E-state index contributed by atoms with van der Waals surface area (Å²) in [6.45, 7) is 0. The van der Waals surface area contributed by atoms with Crippen LogP contribution in [0.4, 0.5) is 0 Å². The van der Waals surface area contributed by atoms with Gasteiger partial charge in [-0.3, -0.25) is 9.47 Å². The van der Waals surface area contributed by atoms with E-state index in [0.29, 0.717) is 12.1 Å². The lowest BCUT2D eigenvalue weighted by atomic mass is 10.2. The first-order chi connectivity index (χ1) is 6.13. The lowest BCUT2D eigenvalue weighted by Crippen LogP contribution is -2.35. The van der Waals surface area contributed by atoms with Crippen LogP contribution < -0.4 is 11.2 Å². The van der Waals surface area contributed by atoms with Crippen LogP contribution in [-0.2, 0) is 11.2 Å². The number of carboxylic acid groups (broad SMARTS) is 1. The molecule has 6 nitrogen and oxygen atoms in total. The lowest BCUT2D eigenvalue weighted by Gasteiger charge is -2.07. The Morgan fingerprint density at radius 1 is 1.92 bits per heavy atom. The molecule has 1 aromatic heterocycles. The molecule has 0 radical (unpaired) electrons. The maximum Gasteiger partial charge on any atom is 0.321 e. The van der Waals surface area contributed by atoms with Crippen molar-refractivity contribution in [1.29, 1.82) is 0 Å². The van der Waals surface area contributed by atoms with E-state index < -0.39 is 12.0 Å². The number of imidazole rings is 1. The molecule has 0 fully saturated rings. The number of carboxylic acids is 1. The van der Waals surface area contributed by atoms with Crippen molar-refractivity contribution in [3.8, 4) is 0 Å². The van der Waals surface area contributed by atoms with E-state index in [1.807, 2.05) is 0 Å². The molecule has 0 aliphatic heterocycles. The second-order valence-electron chi connectivity index (χ2n) is 2.70. The molecule has 72 valence electrons. The van der Waals surface area contributed by atoms with Crippen LogP contribution in [0, 0.1) is 0 Å². The fourth-order valence-electron chi connectivity index (χ4n) is 1.01. The van der Waals surface area contributed by atoms with E-state index >= 15 is 0 Å². The molecule has 0 amide bonds. The van der Waals surface area contributed by atoms with E-state index in [9.17, 15) is 4.79 Å². The standard InChI is InChI=1S/C7H12N4O2/c1-9-6(7(12)13)2-5-3-11(8)4-10-5/h3-4,6,9H,2,8H2,1H3,(H,12,13)/t6-/m0/s1. The molecule has 0 aliphatic carbocycles. The number of hydrogen-bond donors (Lipinski definition) is 3. The molecule has 0 aromatic carbocycles. The van der Waals surface area contributed by atoms with Gasteiger partial charge >= 0.3 is 5.97 Å². The van der Waals surface area contributed by atoms with Crippen molar-refractivity contribution in [3.63, 3.8) is 0 Å². The highest BCUT2D eigenvalue weighted by Crippen LogP contribution is 1.98. The third-order valence-corrected chi connectivity index (χ3v) is 1.71. The van der Waals surface area contributed by atoms with Crippen LogP contribution in [0.15, 0.2) is 12.5 Å². The first-order valence-corrected chi connectivity index (χ1v) is 3.81. The number of nitrogens with zero attached hydrogens (tertiary/aromatic N) is 2. The summed E-state index contributed by atoms with van der Waals surface area (Å²) in [6, 6.07) is -0.616. The van der Waals surface area contributed by atoms with Crippen LogP contribution in [-0.4, -0.2) is 33.8 Å². The number of hydrogen-bond acceptors (Lipinski definition) is 4. The van der Waals surface area contributed by atoms with Crippen LogP contribution in [0.5, 0.6) is 0 Å². The molecular weight excluding hydrogens is 172 g/mol. The zero-order valence-electron chi connectivity index (χ0n) is 7.27. The molecule has 0 saturated carbocycles. The molecule has 1 atom stereocenters. The quantitative estimate of drug-likeness (QED) is 0.512. The summed E-state index contributed by atoms with van der Waals surface area (Å²) in [5.74, 6) is 4.46. The minimum Gasteiger partial charge on any atom is -0.480 e. The Morgan fingerprint density at radius 3 is 3.00 bits per heavy atom. The smallest absolute Gasteiger partial charge is 0.321 e. The third-order valence-electron chi connectivity index (χ3n) is 1.71. The van der Waals surface area contributed by atoms with Crippen molar-refractivity contribution in [2.24, 2.45) is 0 Å². The van der Waals surface area contributed by atoms with Gasteiger partial charge in [-0.2, -0.15) is 0 Å². The number of nitrogen functional groups attached to an aromatic ring is 1. The number of nitrogens with one attached hydrogen (secondary N) is 1. The molecule has 1 aromatic rings. The molecule has 0 unspecified atom stereocenters. The van der Waals surface area contributed by atoms with Gasteiger partial charge in [0, 0.05) is 12.6 Å². The molecule has 1 heterocycles. The number of aromatic nitrogens is 2. The van der Waals surface area contributed by atoms with Crippen LogP contribution in [0.25, 0.3) is 0 Å². The van der Waals surface area contributed by atoms with Gasteiger partial charge in [0.2, 0.25) is 0 Å². The fraction of sp³-hybridized carbons (Fsp3) is 0.429. The number of likely N-dealkylation sites (N-methyl/N-ethyl adjacent to an activating group) is 1. The van der Waals surface area contributed by atoms with E-state index in [1.165, 1.54) is 11.0 Å². The predicted molar refractivity (Wildman–Crippen MR) is 46.6 cm³/mol. The first-order valence-electron chi connectivity index (χ1n) is 3.81. The highest BCUT2D eigenvalue weighted by Gasteiger charge is 2.16. The Bertz CT molecular complexity index is 296. The lowest BCUT2D eigenvalue weighted by molar-refractivity contribution is -0.139. The van der Waals surface area contributed by atoms with Gasteiger partial charge in [-0.1, -0.05) is 0 Å². The van der Waals surface area contributed by atoms with Gasteiger partial charge in [0.1, 0.15) is 12.4 Å². The molecule has 1 rings (SSSR count). The Labute approximate surface area is 75.3 Å². The summed E-state index contributed by atoms with van der Waals surface area (Å²) in [5.41, 5.74) is 0.657. The van der Waals surface area contributed by atoms with Crippen LogP contribution >= 0.6 is 0 Å². The second-order valence-corrected chi connectivity index (χ2v) is 2.70. The maximum atomic E-state index is 10.6. The van der Waals surface area contributed by atoms with Gasteiger partial charge in [0.25, 0.3) is 0 Å². The second kappa shape index (κ2) is 3.90. The summed E-state index contributed by atoms with van der Waals surface area (Å²) >= 11 is 0. The van der Waals surface area contributed by atoms with E-state index in [0.717, 1.165) is 0 Å². The van der Waals surface area contributed by atoms with Crippen LogP contribution in [0.1, 0.15) is 5.69 Å². The summed E-state index contributed by atoms with van der Waals surface area (Å²) in [4.78, 5) is 14.5. The minimum absolute atomic E-state index is 0.329. The summed E-state index contributed by atoms with van der Waals surface area (Å²) in [6.07, 6.45) is 3.35. The molecule has 4 N–H and O–H groups in total. The molecule has 0 spiro atoms. The highest BCUT2D eigenvalue weighted by atomic mass is 16.4. The number of aliphatic carboxylic acids is 1. The topological polar surface area (TPSA) is 93.2 Å². The zero-order chi connectivity index (χ0) is 9.84. The van der Waals surface area contributed by atoms with Crippen molar-refractivity contribution in [2.75, 3.05) is 12.9 Å². The maximum absolute atomic E-state index is 10.6. The first kappa shape index (κ1) is 9.53. The van der Waals surface area contributed by atoms with Crippen LogP contribution in [0.2, 0.25) is 0 Å². The Hall–Kier alpha value is -1.56. The summed E-state index contributed by atoms with van der Waals surface area (Å²) in [5, 5.41) is 11.4. The van der Waals surface area contributed by atoms with Gasteiger partial charge in [-0.05, 0) is 7.05 Å².